The first-order valence-electron chi connectivity index (χ1n) is 8.80. The third kappa shape index (κ3) is 4.72. The summed E-state index contributed by atoms with van der Waals surface area (Å²) in [5.41, 5.74) is -6.05. The van der Waals surface area contributed by atoms with E-state index in [4.69, 9.17) is 0 Å². The van der Waals surface area contributed by atoms with E-state index in [0.717, 1.165) is 54.6 Å². The van der Waals surface area contributed by atoms with Gasteiger partial charge in [0.1, 0.15) is 0 Å². The summed E-state index contributed by atoms with van der Waals surface area (Å²) >= 11 is 0. The van der Waals surface area contributed by atoms with Gasteiger partial charge in [-0.05, 0) is 0 Å². The lowest BCUT2D eigenvalue weighted by Crippen LogP contribution is -2.57. The molecule has 0 radical (unpaired) electrons. The van der Waals surface area contributed by atoms with Crippen LogP contribution in [0.1, 0.15) is 16.7 Å². The first kappa shape index (κ1) is 22.8. The zero-order valence-electron chi connectivity index (χ0n) is 15.4. The molecule has 3 rings (SSSR count). The minimum absolute atomic E-state index is 0.634. The van der Waals surface area contributed by atoms with Crippen LogP contribution in [-0.4, -0.2) is 6.71 Å². The van der Waals surface area contributed by atoms with E-state index in [1.807, 2.05) is 0 Å². The van der Waals surface area contributed by atoms with Crippen LogP contribution >= 0.6 is 0 Å². The molecule has 0 saturated carbocycles. The molecule has 0 bridgehead atoms. The van der Waals surface area contributed by atoms with Gasteiger partial charge in [0.05, 0.1) is 16.7 Å². The Morgan fingerprint density at radius 1 is 0.387 bits per heavy atom. The van der Waals surface area contributed by atoms with E-state index in [9.17, 15) is 39.5 Å². The Kier molecular flexibility index (Phi) is 5.86. The van der Waals surface area contributed by atoms with Gasteiger partial charge in [0.15, 0.2) is 0 Å². The van der Waals surface area contributed by atoms with Crippen LogP contribution in [0.2, 0.25) is 0 Å². The van der Waals surface area contributed by atoms with Crippen molar-refractivity contribution in [1.29, 1.82) is 0 Å². The zero-order valence-corrected chi connectivity index (χ0v) is 15.4. The molecule has 3 aromatic carbocycles. The van der Waals surface area contributed by atoms with Crippen LogP contribution in [0.5, 0.6) is 0 Å². The summed E-state index contributed by atoms with van der Waals surface area (Å²) in [5.74, 6) is 0. The summed E-state index contributed by atoms with van der Waals surface area (Å²) < 4.78 is 123. The number of alkyl halides is 9. The van der Waals surface area contributed by atoms with E-state index in [0.29, 0.717) is 18.2 Å². The van der Waals surface area contributed by atoms with Gasteiger partial charge in [0, 0.05) is 0 Å². The maximum atomic E-state index is 13.7. The zero-order chi connectivity index (χ0) is 23.0. The minimum Gasteiger partial charge on any atom is -0.166 e. The molecule has 10 heteroatoms. The maximum absolute atomic E-state index is 13.7. The monoisotopic (exact) mass is 446 g/mol. The van der Waals surface area contributed by atoms with Crippen LogP contribution in [0, 0.1) is 0 Å². The molecule has 162 valence electrons. The highest BCUT2D eigenvalue weighted by Gasteiger charge is 2.44. The van der Waals surface area contributed by atoms with Crippen LogP contribution in [0.15, 0.2) is 72.8 Å². The summed E-state index contributed by atoms with van der Waals surface area (Å²) in [7, 11) is 0. The van der Waals surface area contributed by atoms with Crippen LogP contribution < -0.4 is 16.4 Å². The van der Waals surface area contributed by atoms with Crippen molar-refractivity contribution >= 4 is 23.1 Å². The van der Waals surface area contributed by atoms with Gasteiger partial charge >= 0.3 is 18.5 Å². The predicted octanol–water partition coefficient (Wildman–Crippen LogP) is 5.26. The topological polar surface area (TPSA) is 0 Å². The SMILES string of the molecule is FC(F)(F)c1ccccc1B(c1ccccc1C(F)(F)F)c1ccccc1C(F)(F)F. The summed E-state index contributed by atoms with van der Waals surface area (Å²) in [5, 5.41) is 0. The Labute approximate surface area is 171 Å². The second-order valence-corrected chi connectivity index (χ2v) is 6.69. The van der Waals surface area contributed by atoms with Crippen molar-refractivity contribution in [2.45, 2.75) is 18.5 Å². The molecule has 0 heterocycles. The lowest BCUT2D eigenvalue weighted by atomic mass is 9.34. The van der Waals surface area contributed by atoms with E-state index in [1.54, 1.807) is 0 Å². The van der Waals surface area contributed by atoms with Gasteiger partial charge in [-0.2, -0.15) is 39.5 Å². The first-order valence-corrected chi connectivity index (χ1v) is 8.80. The van der Waals surface area contributed by atoms with Crippen LogP contribution in [0.25, 0.3) is 0 Å². The first-order chi connectivity index (χ1) is 14.3. The van der Waals surface area contributed by atoms with Crippen LogP contribution in [0.3, 0.4) is 0 Å². The molecule has 0 aromatic heterocycles. The van der Waals surface area contributed by atoms with Crippen molar-refractivity contribution in [3.63, 3.8) is 0 Å². The minimum atomic E-state index is -4.99. The lowest BCUT2D eigenvalue weighted by molar-refractivity contribution is -0.137. The van der Waals surface area contributed by atoms with E-state index in [1.165, 1.54) is 0 Å². The molecule has 0 N–H and O–H groups in total. The Balaban J connectivity index is 2.44. The number of benzene rings is 3. The normalized spacial score (nSPS) is 12.7. The van der Waals surface area contributed by atoms with Crippen molar-refractivity contribution < 1.29 is 39.5 Å². The summed E-state index contributed by atoms with van der Waals surface area (Å²) in [6, 6.07) is 11.1. The summed E-state index contributed by atoms with van der Waals surface area (Å²) in [4.78, 5) is 0. The molecule has 3 aromatic rings. The number of hydrogen-bond acceptors (Lipinski definition) is 0. The van der Waals surface area contributed by atoms with E-state index in [2.05, 4.69) is 0 Å². The number of halogens is 9. The third-order valence-corrected chi connectivity index (χ3v) is 4.73. The van der Waals surface area contributed by atoms with Gasteiger partial charge in [-0.3, -0.25) is 0 Å². The highest BCUT2D eigenvalue weighted by atomic mass is 19.4. The standard InChI is InChI=1S/C21H12BF9/c23-19(24,25)13-7-1-4-10-16(13)22(17-11-5-2-8-14(17)20(26,27)28)18-12-6-3-9-15(18)21(29,30)31/h1-12H. The molecular formula is C21H12BF9. The van der Waals surface area contributed by atoms with Gasteiger partial charge in [-0.15, -0.1) is 0 Å². The van der Waals surface area contributed by atoms with E-state index >= 15 is 0 Å². The van der Waals surface area contributed by atoms with Crippen molar-refractivity contribution in [2.75, 3.05) is 0 Å². The fraction of sp³-hybridized carbons (Fsp3) is 0.143. The second kappa shape index (κ2) is 7.98. The quantitative estimate of drug-likeness (QED) is 0.381. The van der Waals surface area contributed by atoms with Gasteiger partial charge in [-0.25, -0.2) is 0 Å². The van der Waals surface area contributed by atoms with Gasteiger partial charge in [-0.1, -0.05) is 89.2 Å². The van der Waals surface area contributed by atoms with Gasteiger partial charge in [0.25, 0.3) is 0 Å². The average Bonchev–Trinajstić information content (AvgIpc) is 2.67. The van der Waals surface area contributed by atoms with E-state index < -0.39 is 58.3 Å². The molecule has 0 unspecified atom stereocenters. The Bertz CT molecular complexity index is 928. The summed E-state index contributed by atoms with van der Waals surface area (Å²) in [6.07, 6.45) is -15.0. The third-order valence-electron chi connectivity index (χ3n) is 4.73. The molecule has 0 fully saturated rings. The molecule has 0 spiro atoms. The Morgan fingerprint density at radius 2 is 0.613 bits per heavy atom. The Hall–Kier alpha value is -2.91. The summed E-state index contributed by atoms with van der Waals surface area (Å²) in [6.45, 7) is -1.96. The molecular weight excluding hydrogens is 434 g/mol. The molecule has 0 amide bonds. The maximum Gasteiger partial charge on any atom is 0.415 e. The van der Waals surface area contributed by atoms with Crippen LogP contribution in [0.4, 0.5) is 39.5 Å². The highest BCUT2D eigenvalue weighted by Crippen LogP contribution is 2.32. The fourth-order valence-corrected chi connectivity index (χ4v) is 3.52. The number of hydrogen-bond donors (Lipinski definition) is 0. The fourth-order valence-electron chi connectivity index (χ4n) is 3.52. The molecule has 0 nitrogen and oxygen atoms in total. The molecule has 0 saturated heterocycles. The largest absolute Gasteiger partial charge is 0.415 e. The number of rotatable bonds is 3. The second-order valence-electron chi connectivity index (χ2n) is 6.69. The molecule has 31 heavy (non-hydrogen) atoms. The van der Waals surface area contributed by atoms with Gasteiger partial charge < -0.3 is 0 Å². The predicted molar refractivity (Wildman–Crippen MR) is 99.0 cm³/mol. The van der Waals surface area contributed by atoms with Crippen molar-refractivity contribution in [3.8, 4) is 0 Å². The Morgan fingerprint density at radius 3 is 0.839 bits per heavy atom. The molecule has 0 aliphatic carbocycles. The van der Waals surface area contributed by atoms with Crippen molar-refractivity contribution in [1.82, 2.24) is 0 Å². The van der Waals surface area contributed by atoms with Crippen molar-refractivity contribution in [3.05, 3.63) is 89.5 Å². The molecule has 0 atom stereocenters. The lowest BCUT2D eigenvalue weighted by Gasteiger charge is -2.25. The smallest absolute Gasteiger partial charge is 0.166 e. The van der Waals surface area contributed by atoms with Gasteiger partial charge in [0.2, 0.25) is 6.71 Å². The van der Waals surface area contributed by atoms with Crippen LogP contribution in [-0.2, 0) is 18.5 Å². The average molecular weight is 446 g/mol. The molecule has 0 aliphatic heterocycles. The van der Waals surface area contributed by atoms with Crippen molar-refractivity contribution in [2.24, 2.45) is 0 Å². The van der Waals surface area contributed by atoms with E-state index in [-0.39, 0.29) is 0 Å². The molecule has 0 aliphatic rings. The highest BCUT2D eigenvalue weighted by molar-refractivity contribution is 6.96.